The van der Waals surface area contributed by atoms with Crippen molar-refractivity contribution in [2.45, 2.75) is 57.1 Å². The number of terminal acetylenes is 1. The highest BCUT2D eigenvalue weighted by molar-refractivity contribution is 6.33. The van der Waals surface area contributed by atoms with Crippen LogP contribution in [0.1, 0.15) is 49.3 Å². The largest absolute Gasteiger partial charge is 0.506 e. The van der Waals surface area contributed by atoms with Crippen LogP contribution in [0.3, 0.4) is 0 Å². The predicted molar refractivity (Wildman–Crippen MR) is 106 cm³/mol. The lowest BCUT2D eigenvalue weighted by Gasteiger charge is -2.41. The fourth-order valence-corrected chi connectivity index (χ4v) is 4.36. The quantitative estimate of drug-likeness (QED) is 0.704. The maximum Gasteiger partial charge on any atom is 0.152 e. The Morgan fingerprint density at radius 2 is 1.93 bits per heavy atom. The summed E-state index contributed by atoms with van der Waals surface area (Å²) in [6, 6.07) is 3.69. The summed E-state index contributed by atoms with van der Waals surface area (Å²) < 4.78 is 0. The number of anilines is 1. The molecule has 2 aliphatic carbocycles. The second-order valence-electron chi connectivity index (χ2n) is 7.78. The van der Waals surface area contributed by atoms with E-state index in [1.54, 1.807) is 12.1 Å². The van der Waals surface area contributed by atoms with Crippen LogP contribution in [0.15, 0.2) is 12.1 Å². The summed E-state index contributed by atoms with van der Waals surface area (Å²) in [6.45, 7) is 1.85. The van der Waals surface area contributed by atoms with E-state index in [0.717, 1.165) is 42.6 Å². The van der Waals surface area contributed by atoms with E-state index in [1.165, 1.54) is 0 Å². The minimum Gasteiger partial charge on any atom is -0.506 e. The van der Waals surface area contributed by atoms with Gasteiger partial charge < -0.3 is 15.5 Å². The summed E-state index contributed by atoms with van der Waals surface area (Å²) in [6.07, 6.45) is 10.8. The van der Waals surface area contributed by atoms with E-state index < -0.39 is 5.60 Å². The van der Waals surface area contributed by atoms with Gasteiger partial charge in [-0.05, 0) is 63.1 Å². The monoisotopic (exact) mass is 383 g/mol. The van der Waals surface area contributed by atoms with E-state index >= 15 is 0 Å². The molecule has 0 atom stereocenters. The molecule has 1 aromatic carbocycles. The van der Waals surface area contributed by atoms with E-state index in [1.807, 2.05) is 6.92 Å². The van der Waals surface area contributed by atoms with Gasteiger partial charge in [0.05, 0.1) is 10.6 Å². The van der Waals surface area contributed by atoms with Crippen molar-refractivity contribution in [1.82, 2.24) is 10.2 Å². The van der Waals surface area contributed by atoms with Crippen molar-refractivity contribution in [1.29, 1.82) is 0 Å². The van der Waals surface area contributed by atoms with E-state index in [4.69, 9.17) is 18.0 Å². The maximum atomic E-state index is 10.5. The maximum absolute atomic E-state index is 10.5. The summed E-state index contributed by atoms with van der Waals surface area (Å²) in [7, 11) is 0. The smallest absolute Gasteiger partial charge is 0.152 e. The highest BCUT2D eigenvalue weighted by Crippen LogP contribution is 2.41. The molecular weight excluding hydrogens is 362 g/mol. The molecule has 2 aliphatic rings. The van der Waals surface area contributed by atoms with Crippen molar-refractivity contribution in [3.8, 4) is 29.4 Å². The van der Waals surface area contributed by atoms with Gasteiger partial charge in [0.1, 0.15) is 11.4 Å². The second kappa shape index (κ2) is 6.70. The summed E-state index contributed by atoms with van der Waals surface area (Å²) in [4.78, 5) is 0. The zero-order chi connectivity index (χ0) is 19.2. The van der Waals surface area contributed by atoms with Crippen LogP contribution < -0.4 is 5.32 Å². The van der Waals surface area contributed by atoms with E-state index in [0.29, 0.717) is 29.7 Å². The fourth-order valence-electron chi connectivity index (χ4n) is 4.15. The van der Waals surface area contributed by atoms with Gasteiger partial charge in [0.15, 0.2) is 5.82 Å². The Labute approximate surface area is 163 Å². The Morgan fingerprint density at radius 3 is 2.59 bits per heavy atom. The van der Waals surface area contributed by atoms with Crippen LogP contribution in [0.5, 0.6) is 5.75 Å². The van der Waals surface area contributed by atoms with Gasteiger partial charge in [-0.2, -0.15) is 0 Å². The van der Waals surface area contributed by atoms with Gasteiger partial charge >= 0.3 is 0 Å². The van der Waals surface area contributed by atoms with E-state index in [2.05, 4.69) is 21.4 Å². The number of rotatable bonds is 3. The molecule has 0 aliphatic heterocycles. The van der Waals surface area contributed by atoms with Crippen LogP contribution in [-0.4, -0.2) is 32.1 Å². The lowest BCUT2D eigenvalue weighted by atomic mass is 9.77. The van der Waals surface area contributed by atoms with Crippen LogP contribution in [0.2, 0.25) is 5.02 Å². The molecule has 5 nitrogen and oxygen atoms in total. The topological polar surface area (TPSA) is 78.3 Å². The average Bonchev–Trinajstić information content (AvgIpc) is 2.63. The number of nitrogens with zero attached hydrogens (tertiary/aromatic N) is 2. The normalized spacial score (nSPS) is 23.9. The Kier molecular flexibility index (Phi) is 4.49. The van der Waals surface area contributed by atoms with Gasteiger partial charge in [-0.1, -0.05) is 17.5 Å². The molecule has 4 rings (SSSR count). The molecule has 0 spiro atoms. The molecule has 6 heteroatoms. The van der Waals surface area contributed by atoms with Gasteiger partial charge in [-0.15, -0.1) is 16.6 Å². The molecule has 0 unspecified atom stereocenters. The molecule has 1 fully saturated rings. The molecule has 1 saturated carbocycles. The summed E-state index contributed by atoms with van der Waals surface area (Å²) >= 11 is 6.21. The molecule has 0 radical (unpaired) electrons. The predicted octanol–water partition coefficient (Wildman–Crippen LogP) is 3.69. The number of aromatic hydroxyl groups is 1. The first kappa shape index (κ1) is 18.1. The lowest BCUT2D eigenvalue weighted by molar-refractivity contribution is -0.0235. The lowest BCUT2D eigenvalue weighted by Crippen LogP contribution is -2.48. The van der Waals surface area contributed by atoms with Crippen molar-refractivity contribution in [2.75, 3.05) is 5.32 Å². The zero-order valence-electron chi connectivity index (χ0n) is 15.2. The van der Waals surface area contributed by atoms with Crippen LogP contribution in [0, 0.1) is 12.3 Å². The number of halogens is 1. The number of benzene rings is 1. The molecular formula is C21H22ClN3O2. The third-order valence-electron chi connectivity index (χ3n) is 5.53. The molecule has 140 valence electrons. The van der Waals surface area contributed by atoms with Gasteiger partial charge in [-0.25, -0.2) is 0 Å². The van der Waals surface area contributed by atoms with Gasteiger partial charge in [0.25, 0.3) is 0 Å². The first-order valence-corrected chi connectivity index (χ1v) is 9.63. The number of phenols is 1. The molecule has 3 N–H and O–H groups in total. The highest BCUT2D eigenvalue weighted by atomic mass is 35.5. The number of hydrogen-bond donors (Lipinski definition) is 3. The van der Waals surface area contributed by atoms with Crippen LogP contribution in [0.4, 0.5) is 5.82 Å². The average molecular weight is 384 g/mol. The zero-order valence-corrected chi connectivity index (χ0v) is 16.0. The van der Waals surface area contributed by atoms with E-state index in [-0.39, 0.29) is 16.8 Å². The number of nitrogens with one attached hydrogen (secondary N) is 1. The third-order valence-corrected chi connectivity index (χ3v) is 5.91. The first-order valence-electron chi connectivity index (χ1n) is 9.25. The van der Waals surface area contributed by atoms with Crippen LogP contribution in [-0.2, 0) is 12.8 Å². The number of aromatic nitrogens is 2. The molecule has 2 aromatic rings. The molecule has 27 heavy (non-hydrogen) atoms. The number of hydrogen-bond acceptors (Lipinski definition) is 5. The Morgan fingerprint density at radius 1 is 1.22 bits per heavy atom. The number of fused-ring (bicyclic) bond motifs is 1. The van der Waals surface area contributed by atoms with Gasteiger partial charge in [0, 0.05) is 22.7 Å². The van der Waals surface area contributed by atoms with Crippen LogP contribution >= 0.6 is 11.6 Å². The summed E-state index contributed by atoms with van der Waals surface area (Å²) in [5, 5.41) is 32.9. The summed E-state index contributed by atoms with van der Waals surface area (Å²) in [5.41, 5.74) is 3.34. The van der Waals surface area contributed by atoms with Crippen molar-refractivity contribution in [2.24, 2.45) is 0 Å². The minimum absolute atomic E-state index is 0.0510. The van der Waals surface area contributed by atoms with Crippen molar-refractivity contribution < 1.29 is 10.2 Å². The minimum atomic E-state index is -0.591. The third kappa shape index (κ3) is 3.24. The molecule has 0 saturated heterocycles. The summed E-state index contributed by atoms with van der Waals surface area (Å²) in [5.74, 6) is 3.21. The van der Waals surface area contributed by atoms with Gasteiger partial charge in [-0.3, -0.25) is 0 Å². The molecule has 0 bridgehead atoms. The van der Waals surface area contributed by atoms with Gasteiger partial charge in [0.2, 0.25) is 0 Å². The second-order valence-corrected chi connectivity index (χ2v) is 8.15. The molecule has 1 heterocycles. The van der Waals surface area contributed by atoms with Crippen molar-refractivity contribution in [3.05, 3.63) is 33.8 Å². The van der Waals surface area contributed by atoms with Crippen LogP contribution in [0.25, 0.3) is 11.3 Å². The molecule has 0 amide bonds. The fraction of sp³-hybridized carbons (Fsp3) is 0.429. The standard InChI is InChI=1S/C21H22ClN3O2/c1-3-12-8-9-16(19(26)17(12)22)18-14-6-4-5-7-15(14)20(25-24-18)23-13-10-21(2,27)11-13/h1,8-9,13,26-27H,4-7,10-11H2,2H3,(H,23,25). The van der Waals surface area contributed by atoms with Crippen molar-refractivity contribution >= 4 is 17.4 Å². The highest BCUT2D eigenvalue weighted by Gasteiger charge is 2.39. The number of phenolic OH excluding ortho intramolecular Hbond substituents is 1. The molecule has 1 aromatic heterocycles. The Bertz CT molecular complexity index is 941. The van der Waals surface area contributed by atoms with Crippen molar-refractivity contribution in [3.63, 3.8) is 0 Å². The van der Waals surface area contributed by atoms with E-state index in [9.17, 15) is 10.2 Å². The Balaban J connectivity index is 1.73. The first-order chi connectivity index (χ1) is 12.9. The SMILES string of the molecule is C#Cc1ccc(-c2nnc(NC3CC(C)(O)C3)c3c2CCCC3)c(O)c1Cl. The Hall–Kier alpha value is -2.29. The number of aliphatic hydroxyl groups is 1.